The summed E-state index contributed by atoms with van der Waals surface area (Å²) in [7, 11) is 0. The summed E-state index contributed by atoms with van der Waals surface area (Å²) in [6.07, 6.45) is 4.17. The molecular weight excluding hydrogens is 270 g/mol. The summed E-state index contributed by atoms with van der Waals surface area (Å²) in [5.41, 5.74) is 3.00. The lowest BCUT2D eigenvalue weighted by molar-refractivity contribution is 0.247. The monoisotopic (exact) mass is 289 g/mol. The number of likely N-dealkylation sites (tertiary alicyclic amines) is 1. The van der Waals surface area contributed by atoms with Gasteiger partial charge in [0.05, 0.1) is 6.04 Å². The van der Waals surface area contributed by atoms with Crippen molar-refractivity contribution in [2.45, 2.75) is 39.3 Å². The maximum Gasteiger partial charge on any atom is 0.252 e. The zero-order chi connectivity index (χ0) is 14.1. The summed E-state index contributed by atoms with van der Waals surface area (Å²) in [5, 5.41) is 3.19. The largest absolute Gasteiger partial charge is 0.326 e. The van der Waals surface area contributed by atoms with Crippen molar-refractivity contribution in [3.8, 4) is 0 Å². The van der Waals surface area contributed by atoms with Gasteiger partial charge in [-0.2, -0.15) is 0 Å². The Balaban J connectivity index is 1.84. The van der Waals surface area contributed by atoms with E-state index in [1.807, 2.05) is 31.5 Å². The Labute approximate surface area is 122 Å². The van der Waals surface area contributed by atoms with Crippen LogP contribution in [-0.4, -0.2) is 21.4 Å². The van der Waals surface area contributed by atoms with Crippen LogP contribution in [0.25, 0.3) is 0 Å². The molecule has 0 radical (unpaired) electrons. The Morgan fingerprint density at radius 2 is 2.35 bits per heavy atom. The molecule has 1 N–H and O–H groups in total. The summed E-state index contributed by atoms with van der Waals surface area (Å²) in [4.78, 5) is 21.8. The van der Waals surface area contributed by atoms with E-state index in [0.29, 0.717) is 12.6 Å². The maximum atomic E-state index is 12.1. The minimum atomic E-state index is 0.0397. The number of H-pyrrole nitrogens is 1. The molecule has 2 aromatic rings. The van der Waals surface area contributed by atoms with E-state index in [0.717, 1.165) is 29.8 Å². The number of aryl methyl sites for hydroxylation is 2. The van der Waals surface area contributed by atoms with Gasteiger partial charge in [0, 0.05) is 29.4 Å². The summed E-state index contributed by atoms with van der Waals surface area (Å²) >= 11 is 1.71. The average Bonchev–Trinajstić information content (AvgIpc) is 3.06. The molecule has 20 heavy (non-hydrogen) atoms. The Hall–Kier alpha value is -1.46. The van der Waals surface area contributed by atoms with Gasteiger partial charge in [-0.3, -0.25) is 9.69 Å². The van der Waals surface area contributed by atoms with Crippen molar-refractivity contribution in [2.24, 2.45) is 0 Å². The van der Waals surface area contributed by atoms with Gasteiger partial charge in [-0.25, -0.2) is 4.98 Å². The predicted octanol–water partition coefficient (Wildman–Crippen LogP) is 2.79. The van der Waals surface area contributed by atoms with Crippen LogP contribution in [0.1, 0.15) is 40.7 Å². The van der Waals surface area contributed by atoms with Crippen LogP contribution in [0.5, 0.6) is 0 Å². The first-order valence-electron chi connectivity index (χ1n) is 6.98. The highest BCUT2D eigenvalue weighted by Crippen LogP contribution is 2.33. The molecule has 2 aromatic heterocycles. The second kappa shape index (κ2) is 5.50. The number of hydrogen-bond acceptors (Lipinski definition) is 4. The molecule has 5 heteroatoms. The maximum absolute atomic E-state index is 12.1. The predicted molar refractivity (Wildman–Crippen MR) is 81.0 cm³/mol. The van der Waals surface area contributed by atoms with Gasteiger partial charge in [0.2, 0.25) is 0 Å². The SMILES string of the molecule is Cc1cc(CN2CCCC2c2nccs2)c(=O)[nH]c1C. The molecule has 1 unspecified atom stereocenters. The molecule has 1 saturated heterocycles. The molecule has 1 aliphatic rings. The molecule has 0 spiro atoms. The molecule has 0 aromatic carbocycles. The molecule has 0 aliphatic carbocycles. The van der Waals surface area contributed by atoms with Crippen molar-refractivity contribution in [3.63, 3.8) is 0 Å². The highest BCUT2D eigenvalue weighted by atomic mass is 32.1. The standard InChI is InChI=1S/C15H19N3OS/c1-10-8-12(14(19)17-11(10)2)9-18-6-3-4-13(18)15-16-5-7-20-15/h5,7-8,13H,3-4,6,9H2,1-2H3,(H,17,19). The van der Waals surface area contributed by atoms with Crippen LogP contribution < -0.4 is 5.56 Å². The molecule has 3 heterocycles. The smallest absolute Gasteiger partial charge is 0.252 e. The van der Waals surface area contributed by atoms with E-state index in [1.54, 1.807) is 11.3 Å². The lowest BCUT2D eigenvalue weighted by Gasteiger charge is -2.22. The van der Waals surface area contributed by atoms with Gasteiger partial charge in [0.15, 0.2) is 0 Å². The van der Waals surface area contributed by atoms with E-state index in [1.165, 1.54) is 11.4 Å². The van der Waals surface area contributed by atoms with Crippen LogP contribution in [0, 0.1) is 13.8 Å². The quantitative estimate of drug-likeness (QED) is 0.945. The molecule has 0 saturated carbocycles. The fourth-order valence-corrected chi connectivity index (χ4v) is 3.62. The normalized spacial score (nSPS) is 19.6. The Kier molecular flexibility index (Phi) is 3.72. The first kappa shape index (κ1) is 13.5. The van der Waals surface area contributed by atoms with Gasteiger partial charge in [0.1, 0.15) is 5.01 Å². The van der Waals surface area contributed by atoms with Crippen LogP contribution in [0.4, 0.5) is 0 Å². The van der Waals surface area contributed by atoms with E-state index in [9.17, 15) is 4.79 Å². The lowest BCUT2D eigenvalue weighted by Crippen LogP contribution is -2.27. The zero-order valence-corrected chi connectivity index (χ0v) is 12.7. The number of rotatable bonds is 3. The summed E-state index contributed by atoms with van der Waals surface area (Å²) in [5.74, 6) is 0. The number of thiazole rings is 1. The second-order valence-electron chi connectivity index (χ2n) is 5.43. The van der Waals surface area contributed by atoms with E-state index in [4.69, 9.17) is 0 Å². The molecule has 0 bridgehead atoms. The van der Waals surface area contributed by atoms with Gasteiger partial charge >= 0.3 is 0 Å². The number of hydrogen-bond donors (Lipinski definition) is 1. The van der Waals surface area contributed by atoms with Crippen LogP contribution in [0.15, 0.2) is 22.4 Å². The van der Waals surface area contributed by atoms with Crippen molar-refractivity contribution in [1.82, 2.24) is 14.9 Å². The summed E-state index contributed by atoms with van der Waals surface area (Å²) in [6, 6.07) is 2.39. The molecule has 0 amide bonds. The van der Waals surface area contributed by atoms with Crippen molar-refractivity contribution in [3.05, 3.63) is 49.8 Å². The summed E-state index contributed by atoms with van der Waals surface area (Å²) < 4.78 is 0. The first-order valence-corrected chi connectivity index (χ1v) is 7.86. The number of nitrogens with zero attached hydrogens (tertiary/aromatic N) is 2. The molecule has 1 fully saturated rings. The topological polar surface area (TPSA) is 49.0 Å². The molecule has 1 aliphatic heterocycles. The zero-order valence-electron chi connectivity index (χ0n) is 11.8. The van der Waals surface area contributed by atoms with Crippen LogP contribution in [0.2, 0.25) is 0 Å². The van der Waals surface area contributed by atoms with Crippen LogP contribution in [0.3, 0.4) is 0 Å². The Morgan fingerprint density at radius 3 is 3.10 bits per heavy atom. The minimum absolute atomic E-state index is 0.0397. The Bertz CT molecular complexity index is 648. The number of pyridine rings is 1. The molecule has 4 nitrogen and oxygen atoms in total. The van der Waals surface area contributed by atoms with Gasteiger partial charge in [-0.1, -0.05) is 0 Å². The van der Waals surface area contributed by atoms with E-state index >= 15 is 0 Å². The fraction of sp³-hybridized carbons (Fsp3) is 0.467. The van der Waals surface area contributed by atoms with Crippen LogP contribution >= 0.6 is 11.3 Å². The third kappa shape index (κ3) is 2.55. The average molecular weight is 289 g/mol. The van der Waals surface area contributed by atoms with Gasteiger partial charge in [-0.15, -0.1) is 11.3 Å². The molecule has 3 rings (SSSR count). The second-order valence-corrected chi connectivity index (χ2v) is 6.36. The number of nitrogens with one attached hydrogen (secondary N) is 1. The Morgan fingerprint density at radius 1 is 1.50 bits per heavy atom. The van der Waals surface area contributed by atoms with Gasteiger partial charge in [0.25, 0.3) is 5.56 Å². The van der Waals surface area contributed by atoms with E-state index in [-0.39, 0.29) is 5.56 Å². The van der Waals surface area contributed by atoms with E-state index < -0.39 is 0 Å². The fourth-order valence-electron chi connectivity index (χ4n) is 2.81. The molecule has 1 atom stereocenters. The third-order valence-electron chi connectivity index (χ3n) is 4.05. The van der Waals surface area contributed by atoms with Crippen molar-refractivity contribution in [2.75, 3.05) is 6.54 Å². The van der Waals surface area contributed by atoms with Crippen molar-refractivity contribution in [1.29, 1.82) is 0 Å². The lowest BCUT2D eigenvalue weighted by atomic mass is 10.1. The van der Waals surface area contributed by atoms with E-state index in [2.05, 4.69) is 14.9 Å². The molecule has 106 valence electrons. The van der Waals surface area contributed by atoms with Crippen molar-refractivity contribution >= 4 is 11.3 Å². The first-order chi connectivity index (χ1) is 9.65. The van der Waals surface area contributed by atoms with Crippen LogP contribution in [-0.2, 0) is 6.54 Å². The van der Waals surface area contributed by atoms with Crippen molar-refractivity contribution < 1.29 is 0 Å². The minimum Gasteiger partial charge on any atom is -0.326 e. The highest BCUT2D eigenvalue weighted by molar-refractivity contribution is 7.09. The summed E-state index contributed by atoms with van der Waals surface area (Å²) in [6.45, 7) is 5.73. The van der Waals surface area contributed by atoms with Gasteiger partial charge in [-0.05, 0) is 44.9 Å². The third-order valence-corrected chi connectivity index (χ3v) is 4.93. The molecular formula is C15H19N3OS. The highest BCUT2D eigenvalue weighted by Gasteiger charge is 2.28. The number of aromatic amines is 1. The number of aromatic nitrogens is 2. The van der Waals surface area contributed by atoms with Gasteiger partial charge < -0.3 is 4.98 Å².